The number of hydrogen-bond acceptors (Lipinski definition) is 3. The van der Waals surface area contributed by atoms with Gasteiger partial charge < -0.3 is 5.32 Å². The summed E-state index contributed by atoms with van der Waals surface area (Å²) in [6.45, 7) is 0.883. The normalized spacial score (nSPS) is 10.8. The molecule has 0 radical (unpaired) electrons. The summed E-state index contributed by atoms with van der Waals surface area (Å²) in [5.74, 6) is -0.794. The molecule has 1 aromatic carbocycles. The highest BCUT2D eigenvalue weighted by molar-refractivity contribution is 7.09. The second-order valence-corrected chi connectivity index (χ2v) is 5.89. The number of likely N-dealkylation sites (N-methyl/N-ethyl adjacent to an activating group) is 1. The number of benzene rings is 1. The van der Waals surface area contributed by atoms with Crippen molar-refractivity contribution in [1.29, 1.82) is 0 Å². The molecule has 0 spiro atoms. The molecule has 2 aromatic rings. The lowest BCUT2D eigenvalue weighted by Gasteiger charge is -2.15. The van der Waals surface area contributed by atoms with Crippen LogP contribution >= 0.6 is 22.9 Å². The molecule has 1 aromatic heterocycles. The number of hydrogen-bond donors (Lipinski definition) is 1. The highest BCUT2D eigenvalue weighted by Gasteiger charge is 2.10. The molecule has 0 aliphatic heterocycles. The van der Waals surface area contributed by atoms with Gasteiger partial charge in [0.05, 0.1) is 12.2 Å². The zero-order chi connectivity index (χ0) is 14.5. The fourth-order valence-electron chi connectivity index (χ4n) is 1.75. The lowest BCUT2D eigenvalue weighted by Crippen LogP contribution is -2.29. The first-order valence-electron chi connectivity index (χ1n) is 6.00. The van der Waals surface area contributed by atoms with E-state index in [4.69, 9.17) is 11.6 Å². The Bertz CT molecular complexity index is 589. The molecular weight excluding hydrogens is 299 g/mol. The van der Waals surface area contributed by atoms with Crippen LogP contribution < -0.4 is 5.32 Å². The summed E-state index contributed by atoms with van der Waals surface area (Å²) in [6, 6.07) is 8.14. The van der Waals surface area contributed by atoms with E-state index in [9.17, 15) is 9.18 Å². The van der Waals surface area contributed by atoms with Crippen LogP contribution in [-0.4, -0.2) is 24.4 Å². The summed E-state index contributed by atoms with van der Waals surface area (Å²) < 4.78 is 13.5. The van der Waals surface area contributed by atoms with Crippen molar-refractivity contribution in [1.82, 2.24) is 4.90 Å². The van der Waals surface area contributed by atoms with Gasteiger partial charge in [-0.05, 0) is 36.7 Å². The van der Waals surface area contributed by atoms with Crippen molar-refractivity contribution >= 4 is 34.5 Å². The summed E-state index contributed by atoms with van der Waals surface area (Å²) in [5.41, 5.74) is 0.143. The third-order valence-corrected chi connectivity index (χ3v) is 3.72. The van der Waals surface area contributed by atoms with Crippen LogP contribution in [0.25, 0.3) is 0 Å². The van der Waals surface area contributed by atoms with Gasteiger partial charge in [-0.2, -0.15) is 0 Å². The van der Waals surface area contributed by atoms with Crippen molar-refractivity contribution in [2.45, 2.75) is 6.54 Å². The van der Waals surface area contributed by atoms with Gasteiger partial charge in [-0.25, -0.2) is 4.39 Å². The van der Waals surface area contributed by atoms with Crippen LogP contribution in [0.1, 0.15) is 4.88 Å². The number of carbonyl (C=O) groups excluding carboxylic acids is 1. The Morgan fingerprint density at radius 3 is 2.90 bits per heavy atom. The number of halogens is 2. The van der Waals surface area contributed by atoms with Gasteiger partial charge in [0.2, 0.25) is 5.91 Å². The number of nitrogens with one attached hydrogen (secondary N) is 1. The lowest BCUT2D eigenvalue weighted by atomic mass is 10.3. The monoisotopic (exact) mass is 312 g/mol. The van der Waals surface area contributed by atoms with E-state index in [-0.39, 0.29) is 18.1 Å². The number of rotatable bonds is 5. The van der Waals surface area contributed by atoms with Crippen LogP contribution in [0, 0.1) is 5.82 Å². The third-order valence-electron chi connectivity index (χ3n) is 2.62. The van der Waals surface area contributed by atoms with E-state index in [0.717, 1.165) is 0 Å². The molecule has 0 saturated carbocycles. The van der Waals surface area contributed by atoms with Gasteiger partial charge in [0.15, 0.2) is 0 Å². The number of carbonyl (C=O) groups is 1. The smallest absolute Gasteiger partial charge is 0.238 e. The molecule has 20 heavy (non-hydrogen) atoms. The molecule has 106 valence electrons. The van der Waals surface area contributed by atoms with Crippen LogP contribution in [0.5, 0.6) is 0 Å². The highest BCUT2D eigenvalue weighted by atomic mass is 35.5. The Labute approximate surface area is 126 Å². The maximum absolute atomic E-state index is 13.5. The fraction of sp³-hybridized carbons (Fsp3) is 0.214. The van der Waals surface area contributed by atoms with Gasteiger partial charge in [-0.3, -0.25) is 9.69 Å². The topological polar surface area (TPSA) is 32.3 Å². The number of amides is 1. The molecule has 0 unspecified atom stereocenters. The summed E-state index contributed by atoms with van der Waals surface area (Å²) in [7, 11) is 1.84. The van der Waals surface area contributed by atoms with Crippen molar-refractivity contribution in [3.8, 4) is 0 Å². The molecule has 0 atom stereocenters. The van der Waals surface area contributed by atoms with Gasteiger partial charge >= 0.3 is 0 Å². The zero-order valence-corrected chi connectivity index (χ0v) is 12.5. The second kappa shape index (κ2) is 6.83. The minimum atomic E-state index is -0.535. The average molecular weight is 313 g/mol. The molecule has 3 nitrogen and oxygen atoms in total. The Hall–Kier alpha value is -1.43. The quantitative estimate of drug-likeness (QED) is 0.914. The van der Waals surface area contributed by atoms with Crippen LogP contribution in [0.4, 0.5) is 10.1 Å². The molecule has 1 amide bonds. The predicted molar refractivity (Wildman–Crippen MR) is 80.7 cm³/mol. The maximum atomic E-state index is 13.5. The van der Waals surface area contributed by atoms with Crippen molar-refractivity contribution in [3.05, 3.63) is 51.4 Å². The van der Waals surface area contributed by atoms with Gasteiger partial charge in [0.25, 0.3) is 0 Å². The lowest BCUT2D eigenvalue weighted by molar-refractivity contribution is -0.117. The SMILES string of the molecule is CN(CC(=O)Nc1ccc(Cl)cc1F)Cc1cccs1. The molecule has 0 aliphatic carbocycles. The first-order valence-corrected chi connectivity index (χ1v) is 7.26. The largest absolute Gasteiger partial charge is 0.322 e. The highest BCUT2D eigenvalue weighted by Crippen LogP contribution is 2.18. The Kier molecular flexibility index (Phi) is 5.11. The summed E-state index contributed by atoms with van der Waals surface area (Å²) >= 11 is 7.30. The minimum absolute atomic E-state index is 0.143. The van der Waals surface area contributed by atoms with Crippen molar-refractivity contribution < 1.29 is 9.18 Å². The third kappa shape index (κ3) is 4.30. The number of anilines is 1. The van der Waals surface area contributed by atoms with Crippen molar-refractivity contribution in [2.24, 2.45) is 0 Å². The number of thiophene rings is 1. The average Bonchev–Trinajstić information content (AvgIpc) is 2.85. The molecule has 0 fully saturated rings. The molecule has 2 rings (SSSR count). The van der Waals surface area contributed by atoms with Gasteiger partial charge in [0.1, 0.15) is 5.82 Å². The summed E-state index contributed by atoms with van der Waals surface area (Å²) in [5, 5.41) is 4.83. The molecule has 0 bridgehead atoms. The van der Waals surface area contributed by atoms with Gasteiger partial charge in [-0.1, -0.05) is 17.7 Å². The van der Waals surface area contributed by atoms with Crippen LogP contribution in [0.15, 0.2) is 35.7 Å². The van der Waals surface area contributed by atoms with Crippen LogP contribution in [0.3, 0.4) is 0 Å². The van der Waals surface area contributed by atoms with Crippen LogP contribution in [-0.2, 0) is 11.3 Å². The second-order valence-electron chi connectivity index (χ2n) is 4.42. The zero-order valence-electron chi connectivity index (χ0n) is 10.9. The predicted octanol–water partition coefficient (Wildman–Crippen LogP) is 3.61. The van der Waals surface area contributed by atoms with E-state index in [1.54, 1.807) is 11.3 Å². The Morgan fingerprint density at radius 1 is 1.45 bits per heavy atom. The van der Waals surface area contributed by atoms with Crippen molar-refractivity contribution in [2.75, 3.05) is 18.9 Å². The van der Waals surface area contributed by atoms with E-state index in [0.29, 0.717) is 11.6 Å². The Balaban J connectivity index is 1.88. The molecule has 0 saturated heterocycles. The number of nitrogens with zero attached hydrogens (tertiary/aromatic N) is 1. The molecule has 0 aliphatic rings. The minimum Gasteiger partial charge on any atom is -0.322 e. The van der Waals surface area contributed by atoms with E-state index in [1.807, 2.05) is 29.5 Å². The van der Waals surface area contributed by atoms with E-state index in [2.05, 4.69) is 5.32 Å². The van der Waals surface area contributed by atoms with Gasteiger partial charge in [-0.15, -0.1) is 11.3 Å². The van der Waals surface area contributed by atoms with Gasteiger partial charge in [0, 0.05) is 16.4 Å². The molecular formula is C14H14ClFN2OS. The summed E-state index contributed by atoms with van der Waals surface area (Å²) in [6.07, 6.45) is 0. The first-order chi connectivity index (χ1) is 9.54. The van der Waals surface area contributed by atoms with E-state index >= 15 is 0 Å². The summed E-state index contributed by atoms with van der Waals surface area (Å²) in [4.78, 5) is 14.9. The molecule has 1 N–H and O–H groups in total. The fourth-order valence-corrected chi connectivity index (χ4v) is 2.69. The molecule has 6 heteroatoms. The standard InChI is InChI=1S/C14H14ClFN2OS/c1-18(8-11-3-2-6-20-11)9-14(19)17-13-5-4-10(15)7-12(13)16/h2-7H,8-9H2,1H3,(H,17,19). The Morgan fingerprint density at radius 2 is 2.25 bits per heavy atom. The van der Waals surface area contributed by atoms with Crippen LogP contribution in [0.2, 0.25) is 5.02 Å². The van der Waals surface area contributed by atoms with Crippen molar-refractivity contribution in [3.63, 3.8) is 0 Å². The van der Waals surface area contributed by atoms with E-state index in [1.165, 1.54) is 23.1 Å². The molecule has 1 heterocycles. The maximum Gasteiger partial charge on any atom is 0.238 e. The first kappa shape index (κ1) is 15.0. The van der Waals surface area contributed by atoms with E-state index < -0.39 is 5.82 Å².